The lowest BCUT2D eigenvalue weighted by Crippen LogP contribution is -2.37. The van der Waals surface area contributed by atoms with E-state index in [1.807, 2.05) is 0 Å². The van der Waals surface area contributed by atoms with Crippen LogP contribution >= 0.6 is 11.3 Å². The van der Waals surface area contributed by atoms with E-state index in [-0.39, 0.29) is 4.21 Å². The van der Waals surface area contributed by atoms with E-state index in [0.717, 1.165) is 11.3 Å². The fraction of sp³-hybridized carbons (Fsp3) is 0.667. The number of hydrogen-bond donors (Lipinski definition) is 1. The van der Waals surface area contributed by atoms with E-state index in [1.54, 1.807) is 21.0 Å². The Morgan fingerprint density at radius 3 is 2.55 bits per heavy atom. The molecule has 1 fully saturated rings. The highest BCUT2D eigenvalue weighted by Gasteiger charge is 2.50. The SMILES string of the molecule is COCCC1(C(=O)NS(=O)(=O)c2sc(C)nc2C)CC1. The molecule has 0 saturated heterocycles. The minimum atomic E-state index is -3.82. The number of amides is 1. The average molecular weight is 318 g/mol. The van der Waals surface area contributed by atoms with E-state index in [2.05, 4.69) is 9.71 Å². The van der Waals surface area contributed by atoms with Gasteiger partial charge in [-0.15, -0.1) is 11.3 Å². The fourth-order valence-corrected chi connectivity index (χ4v) is 4.64. The first-order valence-corrected chi connectivity index (χ1v) is 8.61. The van der Waals surface area contributed by atoms with Crippen LogP contribution in [0.2, 0.25) is 0 Å². The van der Waals surface area contributed by atoms with E-state index < -0.39 is 21.3 Å². The van der Waals surface area contributed by atoms with Gasteiger partial charge in [0.25, 0.3) is 10.0 Å². The van der Waals surface area contributed by atoms with Crippen LogP contribution in [-0.4, -0.2) is 33.0 Å². The minimum Gasteiger partial charge on any atom is -0.385 e. The van der Waals surface area contributed by atoms with Crippen LogP contribution in [0.4, 0.5) is 0 Å². The Hall–Kier alpha value is -0.990. The molecule has 1 aliphatic rings. The van der Waals surface area contributed by atoms with E-state index >= 15 is 0 Å². The molecule has 0 aliphatic heterocycles. The normalized spacial score (nSPS) is 16.9. The molecule has 1 N–H and O–H groups in total. The number of aromatic nitrogens is 1. The number of aryl methyl sites for hydroxylation is 2. The molecule has 0 bridgehead atoms. The molecule has 1 aromatic rings. The molecule has 1 aliphatic carbocycles. The Balaban J connectivity index is 2.13. The third-order valence-electron chi connectivity index (χ3n) is 3.45. The Labute approximate surface area is 122 Å². The van der Waals surface area contributed by atoms with E-state index in [9.17, 15) is 13.2 Å². The van der Waals surface area contributed by atoms with Gasteiger partial charge in [-0.1, -0.05) is 0 Å². The molecule has 0 atom stereocenters. The summed E-state index contributed by atoms with van der Waals surface area (Å²) in [6.45, 7) is 3.81. The Kier molecular flexibility index (Phi) is 4.17. The van der Waals surface area contributed by atoms with Crippen LogP contribution in [0.1, 0.15) is 30.0 Å². The van der Waals surface area contributed by atoms with Crippen LogP contribution in [0.15, 0.2) is 4.21 Å². The summed E-state index contributed by atoms with van der Waals surface area (Å²) < 4.78 is 31.7. The molecule has 20 heavy (non-hydrogen) atoms. The zero-order valence-corrected chi connectivity index (χ0v) is 13.4. The molecule has 1 aromatic heterocycles. The summed E-state index contributed by atoms with van der Waals surface area (Å²) in [4.78, 5) is 16.3. The van der Waals surface area contributed by atoms with Crippen LogP contribution in [0.5, 0.6) is 0 Å². The second-order valence-electron chi connectivity index (χ2n) is 5.06. The highest BCUT2D eigenvalue weighted by atomic mass is 32.2. The van der Waals surface area contributed by atoms with E-state index in [4.69, 9.17) is 4.74 Å². The van der Waals surface area contributed by atoms with Gasteiger partial charge in [0.1, 0.15) is 0 Å². The molecular formula is C12H18N2O4S2. The number of thiazole rings is 1. The van der Waals surface area contributed by atoms with Crippen LogP contribution in [-0.2, 0) is 19.6 Å². The molecule has 2 rings (SSSR count). The van der Waals surface area contributed by atoms with E-state index in [0.29, 0.717) is 36.6 Å². The van der Waals surface area contributed by atoms with Gasteiger partial charge in [0, 0.05) is 13.7 Å². The third-order valence-corrected chi connectivity index (χ3v) is 6.47. The number of nitrogens with zero attached hydrogens (tertiary/aromatic N) is 1. The highest BCUT2D eigenvalue weighted by Crippen LogP contribution is 2.49. The van der Waals surface area contributed by atoms with Crippen molar-refractivity contribution in [3.8, 4) is 0 Å². The second kappa shape index (κ2) is 5.42. The smallest absolute Gasteiger partial charge is 0.275 e. The number of hydrogen-bond acceptors (Lipinski definition) is 6. The van der Waals surface area contributed by atoms with Crippen molar-refractivity contribution in [3.05, 3.63) is 10.7 Å². The average Bonchev–Trinajstić information content (AvgIpc) is 3.06. The van der Waals surface area contributed by atoms with Gasteiger partial charge in [-0.2, -0.15) is 0 Å². The van der Waals surface area contributed by atoms with E-state index in [1.165, 1.54) is 0 Å². The van der Waals surface area contributed by atoms with Gasteiger partial charge in [-0.05, 0) is 33.1 Å². The van der Waals surface area contributed by atoms with Crippen molar-refractivity contribution in [1.82, 2.24) is 9.71 Å². The predicted molar refractivity (Wildman–Crippen MR) is 75.1 cm³/mol. The van der Waals surface area contributed by atoms with Gasteiger partial charge < -0.3 is 4.74 Å². The van der Waals surface area contributed by atoms with Crippen molar-refractivity contribution in [3.63, 3.8) is 0 Å². The fourth-order valence-electron chi connectivity index (χ4n) is 2.08. The zero-order valence-electron chi connectivity index (χ0n) is 11.7. The summed E-state index contributed by atoms with van der Waals surface area (Å²) in [7, 11) is -2.26. The first-order chi connectivity index (χ1) is 9.31. The van der Waals surface area contributed by atoms with Crippen LogP contribution in [0.25, 0.3) is 0 Å². The molecule has 1 amide bonds. The largest absolute Gasteiger partial charge is 0.385 e. The van der Waals surface area contributed by atoms with Gasteiger partial charge in [-0.25, -0.2) is 18.1 Å². The standard InChI is InChI=1S/C12H18N2O4S2/c1-8-10(19-9(2)13-8)20(16,17)14-11(15)12(4-5-12)6-7-18-3/h4-7H2,1-3H3,(H,14,15). The lowest BCUT2D eigenvalue weighted by molar-refractivity contribution is -0.125. The molecule has 112 valence electrons. The lowest BCUT2D eigenvalue weighted by atomic mass is 10.0. The van der Waals surface area contributed by atoms with Gasteiger partial charge in [-0.3, -0.25) is 4.79 Å². The first-order valence-electron chi connectivity index (χ1n) is 6.31. The number of nitrogens with one attached hydrogen (secondary N) is 1. The maximum absolute atomic E-state index is 12.2. The van der Waals surface area contributed by atoms with Crippen LogP contribution < -0.4 is 4.72 Å². The van der Waals surface area contributed by atoms with Gasteiger partial charge in [0.15, 0.2) is 4.21 Å². The van der Waals surface area contributed by atoms with Crippen molar-refractivity contribution in [1.29, 1.82) is 0 Å². The molecule has 1 heterocycles. The summed E-state index contributed by atoms with van der Waals surface area (Å²) in [5.74, 6) is -0.431. The Morgan fingerprint density at radius 1 is 1.45 bits per heavy atom. The number of rotatable bonds is 6. The van der Waals surface area contributed by atoms with Crippen LogP contribution in [0, 0.1) is 19.3 Å². The summed E-state index contributed by atoms with van der Waals surface area (Å²) in [6.07, 6.45) is 1.96. The first kappa shape index (κ1) is 15.4. The maximum atomic E-state index is 12.2. The number of methoxy groups -OCH3 is 1. The monoisotopic (exact) mass is 318 g/mol. The van der Waals surface area contributed by atoms with Crippen molar-refractivity contribution in [2.45, 2.75) is 37.3 Å². The van der Waals surface area contributed by atoms with Crippen LogP contribution in [0.3, 0.4) is 0 Å². The molecular weight excluding hydrogens is 300 g/mol. The maximum Gasteiger partial charge on any atom is 0.275 e. The molecule has 0 radical (unpaired) electrons. The van der Waals surface area contributed by atoms with Gasteiger partial charge >= 0.3 is 0 Å². The number of ether oxygens (including phenoxy) is 1. The Bertz CT molecular complexity index is 617. The molecule has 1 saturated carbocycles. The lowest BCUT2D eigenvalue weighted by Gasteiger charge is -2.14. The third kappa shape index (κ3) is 3.02. The number of carbonyl (C=O) groups is 1. The predicted octanol–water partition coefficient (Wildman–Crippen LogP) is 1.38. The molecule has 0 aromatic carbocycles. The highest BCUT2D eigenvalue weighted by molar-refractivity contribution is 7.92. The topological polar surface area (TPSA) is 85.4 Å². The van der Waals surface area contributed by atoms with Gasteiger partial charge in [0.2, 0.25) is 5.91 Å². The summed E-state index contributed by atoms with van der Waals surface area (Å²) in [6, 6.07) is 0. The van der Waals surface area contributed by atoms with Crippen molar-refractivity contribution < 1.29 is 17.9 Å². The quantitative estimate of drug-likeness (QED) is 0.856. The Morgan fingerprint density at radius 2 is 2.10 bits per heavy atom. The molecule has 0 unspecified atom stereocenters. The molecule has 6 nitrogen and oxygen atoms in total. The number of carbonyl (C=O) groups excluding carboxylic acids is 1. The number of sulfonamides is 1. The van der Waals surface area contributed by atoms with Gasteiger partial charge in [0.05, 0.1) is 16.1 Å². The second-order valence-corrected chi connectivity index (χ2v) is 8.14. The van der Waals surface area contributed by atoms with Crippen molar-refractivity contribution >= 4 is 27.3 Å². The minimum absolute atomic E-state index is 0.117. The molecule has 0 spiro atoms. The zero-order chi connectivity index (χ0) is 15.0. The summed E-state index contributed by atoms with van der Waals surface area (Å²) in [5.41, 5.74) is -0.147. The molecule has 8 heteroatoms. The summed E-state index contributed by atoms with van der Waals surface area (Å²) >= 11 is 1.07. The summed E-state index contributed by atoms with van der Waals surface area (Å²) in [5, 5.41) is 0.663. The van der Waals surface area contributed by atoms with Crippen molar-refractivity contribution in [2.24, 2.45) is 5.41 Å². The van der Waals surface area contributed by atoms with Crippen molar-refractivity contribution in [2.75, 3.05) is 13.7 Å².